The average Bonchev–Trinajstić information content (AvgIpc) is 3.03. The van der Waals surface area contributed by atoms with Gasteiger partial charge in [-0.2, -0.15) is 0 Å². The maximum absolute atomic E-state index is 12.0. The van der Waals surface area contributed by atoms with E-state index in [1.165, 1.54) is 0 Å². The van der Waals surface area contributed by atoms with Crippen LogP contribution in [0.3, 0.4) is 0 Å². The minimum atomic E-state index is -0.999. The Hall–Kier alpha value is -0.550. The van der Waals surface area contributed by atoms with Crippen LogP contribution < -0.4 is 5.32 Å². The molecule has 20 heavy (non-hydrogen) atoms. The van der Waals surface area contributed by atoms with E-state index in [9.17, 15) is 14.8 Å². The number of esters is 2. The van der Waals surface area contributed by atoms with Gasteiger partial charge in [0, 0.05) is 5.92 Å². The quantitative estimate of drug-likeness (QED) is 0.173. The van der Waals surface area contributed by atoms with E-state index in [0.29, 0.717) is 0 Å². The molecular weight excluding hydrogens is 381 g/mol. The fourth-order valence-electron chi connectivity index (χ4n) is 3.99. The Morgan fingerprint density at radius 3 is 2.75 bits per heavy atom. The van der Waals surface area contributed by atoms with Crippen LogP contribution in [-0.4, -0.2) is 41.0 Å². The van der Waals surface area contributed by atoms with Crippen molar-refractivity contribution in [1.82, 2.24) is 5.32 Å². The molecule has 3 aliphatic heterocycles. The van der Waals surface area contributed by atoms with E-state index in [0.717, 1.165) is 5.57 Å². The van der Waals surface area contributed by atoms with Gasteiger partial charge in [-0.1, -0.05) is 6.08 Å². The second-order valence-electron chi connectivity index (χ2n) is 5.89. The van der Waals surface area contributed by atoms with E-state index in [1.54, 1.807) is 29.9 Å². The Morgan fingerprint density at radius 1 is 1.40 bits per heavy atom. The van der Waals surface area contributed by atoms with Crippen molar-refractivity contribution in [3.05, 3.63) is 11.6 Å². The van der Waals surface area contributed by atoms with Gasteiger partial charge in [-0.05, 0) is 12.5 Å². The van der Waals surface area contributed by atoms with Gasteiger partial charge in [0.15, 0.2) is 0 Å². The third-order valence-corrected chi connectivity index (χ3v) is 5.59. The second-order valence-corrected chi connectivity index (χ2v) is 6.40. The highest BCUT2D eigenvalue weighted by Crippen LogP contribution is 2.56. The average molecular weight is 393 g/mol. The van der Waals surface area contributed by atoms with Crippen molar-refractivity contribution in [3.63, 3.8) is 0 Å². The summed E-state index contributed by atoms with van der Waals surface area (Å²) in [4.78, 5) is 28.6. The number of hydrogen-bond acceptors (Lipinski definition) is 7. The summed E-state index contributed by atoms with van der Waals surface area (Å²) >= 11 is 1.79. The topological polar surface area (TPSA) is 94.1 Å². The summed E-state index contributed by atoms with van der Waals surface area (Å²) in [7, 11) is 0. The fraction of sp³-hybridized carbons (Fsp3) is 0.667. The van der Waals surface area contributed by atoms with Crippen molar-refractivity contribution in [2.75, 3.05) is 0 Å². The standard InChI is InChI=1S/C12H12INO6/c1-12(20-17)4-2-3(4)8(19-13)7-5-6(9(12)14-7)11(16)18-10(5)15/h2,4-9,14,17H,1H3. The van der Waals surface area contributed by atoms with Gasteiger partial charge < -0.3 is 13.1 Å². The molecular formula is C12H12INO6. The molecule has 0 radical (unpaired) electrons. The highest BCUT2D eigenvalue weighted by molar-refractivity contribution is 14.1. The molecule has 2 N–H and O–H groups in total. The molecule has 1 aliphatic carbocycles. The largest absolute Gasteiger partial charge is 0.393 e. The maximum Gasteiger partial charge on any atom is 0.319 e. The lowest BCUT2D eigenvalue weighted by Crippen LogP contribution is -2.53. The number of carbonyl (C=O) groups excluding carboxylic acids is 2. The minimum Gasteiger partial charge on any atom is -0.393 e. The molecule has 8 heteroatoms. The van der Waals surface area contributed by atoms with Crippen molar-refractivity contribution in [2.45, 2.75) is 30.7 Å². The second kappa shape index (κ2) is 4.01. The smallest absolute Gasteiger partial charge is 0.319 e. The number of hydrogen-bond donors (Lipinski definition) is 2. The SMILES string of the molecule is CC1(OO)C2C=C2C(OI)C2NC1C1C(=O)OC(=O)C21. The zero-order valence-corrected chi connectivity index (χ0v) is 12.6. The zero-order chi connectivity index (χ0) is 14.2. The molecule has 0 aromatic rings. The maximum atomic E-state index is 12.0. The Morgan fingerprint density at radius 2 is 2.10 bits per heavy atom. The van der Waals surface area contributed by atoms with Gasteiger partial charge in [0.1, 0.15) is 34.7 Å². The first kappa shape index (κ1) is 13.1. The van der Waals surface area contributed by atoms with Crippen LogP contribution >= 0.6 is 23.0 Å². The van der Waals surface area contributed by atoms with E-state index in [2.05, 4.69) is 5.32 Å². The summed E-state index contributed by atoms with van der Waals surface area (Å²) in [5.74, 6) is -2.42. The molecule has 0 aromatic carbocycles. The van der Waals surface area contributed by atoms with Crippen molar-refractivity contribution < 1.29 is 27.5 Å². The lowest BCUT2D eigenvalue weighted by Gasteiger charge is -2.34. The Labute approximate surface area is 128 Å². The fourth-order valence-corrected chi connectivity index (χ4v) is 4.60. The monoisotopic (exact) mass is 393 g/mol. The van der Waals surface area contributed by atoms with Gasteiger partial charge in [0.05, 0.1) is 23.9 Å². The van der Waals surface area contributed by atoms with Crippen molar-refractivity contribution in [2.24, 2.45) is 17.8 Å². The van der Waals surface area contributed by atoms with Crippen LogP contribution in [0, 0.1) is 17.8 Å². The Kier molecular flexibility index (Phi) is 2.63. The van der Waals surface area contributed by atoms with Crippen LogP contribution in [0.2, 0.25) is 0 Å². The predicted molar refractivity (Wildman–Crippen MR) is 71.4 cm³/mol. The summed E-state index contributed by atoms with van der Waals surface area (Å²) in [6.45, 7) is 1.73. The number of rotatable bonds is 2. The van der Waals surface area contributed by atoms with Gasteiger partial charge in [-0.25, -0.2) is 4.89 Å². The molecule has 7 nitrogen and oxygen atoms in total. The molecule has 0 saturated carbocycles. The molecule has 3 saturated heterocycles. The number of nitrogens with one attached hydrogen (secondary N) is 1. The molecule has 0 amide bonds. The first-order valence-corrected chi connectivity index (χ1v) is 7.24. The predicted octanol–water partition coefficient (Wildman–Crippen LogP) is 0.196. The molecule has 0 spiro atoms. The normalized spacial score (nSPS) is 52.0. The summed E-state index contributed by atoms with van der Waals surface area (Å²) in [5, 5.41) is 12.6. The van der Waals surface area contributed by atoms with Crippen molar-refractivity contribution in [1.29, 1.82) is 0 Å². The van der Waals surface area contributed by atoms with Gasteiger partial charge in [-0.15, -0.1) is 0 Å². The molecule has 4 aliphatic rings. The van der Waals surface area contributed by atoms with Gasteiger partial charge in [-0.3, -0.25) is 14.8 Å². The first-order valence-electron chi connectivity index (χ1n) is 6.36. The van der Waals surface area contributed by atoms with Gasteiger partial charge in [0.25, 0.3) is 0 Å². The molecule has 2 bridgehead atoms. The number of cyclic esters (lactones) is 2. The summed E-state index contributed by atoms with van der Waals surface area (Å²) in [5.41, 5.74) is -0.0119. The molecule has 0 aromatic heterocycles. The minimum absolute atomic E-state index is 0.0979. The number of ether oxygens (including phenoxy) is 1. The number of carbonyl (C=O) groups is 2. The molecule has 7 unspecified atom stereocenters. The van der Waals surface area contributed by atoms with Crippen LogP contribution in [0.4, 0.5) is 0 Å². The van der Waals surface area contributed by atoms with Gasteiger partial charge in [0.2, 0.25) is 0 Å². The first-order chi connectivity index (χ1) is 9.52. The van der Waals surface area contributed by atoms with Crippen LogP contribution in [-0.2, 0) is 22.3 Å². The lowest BCUT2D eigenvalue weighted by molar-refractivity contribution is -0.331. The number of halogens is 1. The molecule has 7 atom stereocenters. The highest BCUT2D eigenvalue weighted by Gasteiger charge is 2.70. The van der Waals surface area contributed by atoms with Crippen LogP contribution in [0.1, 0.15) is 6.92 Å². The lowest BCUT2D eigenvalue weighted by atomic mass is 9.75. The van der Waals surface area contributed by atoms with Crippen LogP contribution in [0.25, 0.3) is 0 Å². The van der Waals surface area contributed by atoms with Gasteiger partial charge >= 0.3 is 11.9 Å². The van der Waals surface area contributed by atoms with E-state index < -0.39 is 35.4 Å². The van der Waals surface area contributed by atoms with E-state index in [-0.39, 0.29) is 18.1 Å². The van der Waals surface area contributed by atoms with Crippen molar-refractivity contribution >= 4 is 34.9 Å². The zero-order valence-electron chi connectivity index (χ0n) is 10.4. The molecule has 4 rings (SSSR count). The highest BCUT2D eigenvalue weighted by atomic mass is 127. The Balaban J connectivity index is 1.83. The molecule has 3 heterocycles. The Bertz CT molecular complexity index is 550. The van der Waals surface area contributed by atoms with Crippen LogP contribution in [0.15, 0.2) is 11.6 Å². The molecule has 3 fully saturated rings. The third kappa shape index (κ3) is 1.38. The molecule has 108 valence electrons. The summed E-state index contributed by atoms with van der Waals surface area (Å²) < 4.78 is 10.2. The van der Waals surface area contributed by atoms with Crippen LogP contribution in [0.5, 0.6) is 0 Å². The summed E-state index contributed by atoms with van der Waals surface area (Å²) in [6.07, 6.45) is 1.63. The van der Waals surface area contributed by atoms with E-state index in [4.69, 9.17) is 12.7 Å². The summed E-state index contributed by atoms with van der Waals surface area (Å²) in [6, 6.07) is -0.828. The van der Waals surface area contributed by atoms with Crippen molar-refractivity contribution in [3.8, 4) is 0 Å². The van der Waals surface area contributed by atoms with E-state index >= 15 is 0 Å². The third-order valence-electron chi connectivity index (χ3n) is 5.04. The number of fused-ring (bicyclic) bond motifs is 6. The van der Waals surface area contributed by atoms with E-state index in [1.807, 2.05) is 6.08 Å².